The maximum Gasteiger partial charge on any atom is 0.416 e. The Labute approximate surface area is 126 Å². The summed E-state index contributed by atoms with van der Waals surface area (Å²) in [4.78, 5) is 3.46. The first kappa shape index (κ1) is 16.4. The molecule has 2 rings (SSSR count). The average molecular weight is 313 g/mol. The zero-order chi connectivity index (χ0) is 16.3. The summed E-state index contributed by atoms with van der Waals surface area (Å²) in [6.45, 7) is 2.48. The van der Waals surface area contributed by atoms with E-state index in [0.717, 1.165) is 24.2 Å². The molecule has 0 spiro atoms. The molecule has 0 bridgehead atoms. The lowest BCUT2D eigenvalue weighted by molar-refractivity contribution is -0.137. The minimum Gasteiger partial charge on any atom is -0.309 e. The topological polar surface area (TPSA) is 46.8 Å². The van der Waals surface area contributed by atoms with Gasteiger partial charge in [0.2, 0.25) is 0 Å². The second-order valence-corrected chi connectivity index (χ2v) is 5.38. The van der Waals surface area contributed by atoms with Gasteiger partial charge in [0, 0.05) is 0 Å². The minimum atomic E-state index is -4.33. The van der Waals surface area contributed by atoms with Crippen LogP contribution in [0.5, 0.6) is 0 Å². The zero-order valence-electron chi connectivity index (χ0n) is 12.7. The van der Waals surface area contributed by atoms with Crippen LogP contribution < -0.4 is 0 Å². The highest BCUT2D eigenvalue weighted by Gasteiger charge is 2.30. The van der Waals surface area contributed by atoms with Crippen molar-refractivity contribution in [2.45, 2.75) is 25.6 Å². The maximum atomic E-state index is 12.7. The largest absolute Gasteiger partial charge is 0.416 e. The molecule has 1 aromatic heterocycles. The van der Waals surface area contributed by atoms with E-state index in [-0.39, 0.29) is 6.04 Å². The van der Waals surface area contributed by atoms with Crippen LogP contribution in [0.4, 0.5) is 13.2 Å². The summed E-state index contributed by atoms with van der Waals surface area (Å²) >= 11 is 0. The van der Waals surface area contributed by atoms with E-state index in [1.54, 1.807) is 6.92 Å². The summed E-state index contributed by atoms with van der Waals surface area (Å²) in [5.74, 6) is 0.529. The molecule has 0 amide bonds. The van der Waals surface area contributed by atoms with Crippen molar-refractivity contribution in [3.63, 3.8) is 0 Å². The molecule has 0 aliphatic heterocycles. The molecule has 0 saturated carbocycles. The fourth-order valence-electron chi connectivity index (χ4n) is 2.12. The Balaban J connectivity index is 2.28. The number of rotatable bonds is 5. The molecule has 8 heteroatoms. The van der Waals surface area contributed by atoms with Crippen LogP contribution in [0.3, 0.4) is 0 Å². The van der Waals surface area contributed by atoms with E-state index in [1.807, 2.05) is 19.0 Å². The van der Waals surface area contributed by atoms with E-state index in [9.17, 15) is 13.2 Å². The fraction of sp³-hybridized carbons (Fsp3) is 0.500. The van der Waals surface area contributed by atoms with Gasteiger partial charge in [0.1, 0.15) is 0 Å². The second-order valence-electron chi connectivity index (χ2n) is 5.38. The molecular formula is C14H18F3N5. The summed E-state index contributed by atoms with van der Waals surface area (Å²) in [7, 11) is 3.87. The highest BCUT2D eigenvalue weighted by Crippen LogP contribution is 2.30. The van der Waals surface area contributed by atoms with Crippen LogP contribution in [0.25, 0.3) is 0 Å². The third kappa shape index (κ3) is 4.03. The standard InChI is InChI=1S/C14H18F3N5/c1-10-18-20-22(19-10)13(8-9-21(2)3)11-4-6-12(7-5-11)14(15,16)17/h4-7,13H,8-9H2,1-3H3. The first-order chi connectivity index (χ1) is 10.3. The summed E-state index contributed by atoms with van der Waals surface area (Å²) in [5, 5.41) is 12.0. The normalized spacial score (nSPS) is 13.6. The van der Waals surface area contributed by atoms with Gasteiger partial charge in [-0.3, -0.25) is 0 Å². The zero-order valence-corrected chi connectivity index (χ0v) is 12.7. The number of tetrazole rings is 1. The number of hydrogen-bond acceptors (Lipinski definition) is 4. The first-order valence-electron chi connectivity index (χ1n) is 6.85. The van der Waals surface area contributed by atoms with Crippen LogP contribution in [-0.4, -0.2) is 45.7 Å². The molecule has 0 N–H and O–H groups in total. The van der Waals surface area contributed by atoms with Gasteiger partial charge >= 0.3 is 6.18 Å². The number of halogens is 3. The lowest BCUT2D eigenvalue weighted by atomic mass is 10.0. The van der Waals surface area contributed by atoms with Gasteiger partial charge in [-0.05, 0) is 56.9 Å². The lowest BCUT2D eigenvalue weighted by Gasteiger charge is -2.19. The highest BCUT2D eigenvalue weighted by atomic mass is 19.4. The van der Waals surface area contributed by atoms with Crippen molar-refractivity contribution in [1.82, 2.24) is 25.1 Å². The predicted octanol–water partition coefficient (Wildman–Crippen LogP) is 2.54. The molecular weight excluding hydrogens is 295 g/mol. The van der Waals surface area contributed by atoms with Crippen LogP contribution in [0.2, 0.25) is 0 Å². The lowest BCUT2D eigenvalue weighted by Crippen LogP contribution is -2.21. The van der Waals surface area contributed by atoms with E-state index in [0.29, 0.717) is 12.2 Å². The number of aryl methyl sites for hydroxylation is 1. The molecule has 120 valence electrons. The summed E-state index contributed by atoms with van der Waals surface area (Å²) in [6.07, 6.45) is -3.66. The number of alkyl halides is 3. The molecule has 0 fully saturated rings. The van der Waals surface area contributed by atoms with E-state index in [2.05, 4.69) is 15.4 Å². The number of aromatic nitrogens is 4. The first-order valence-corrected chi connectivity index (χ1v) is 6.85. The molecule has 0 aliphatic carbocycles. The summed E-state index contributed by atoms with van der Waals surface area (Å²) in [6, 6.07) is 4.87. The van der Waals surface area contributed by atoms with Gasteiger partial charge in [-0.25, -0.2) is 0 Å². The van der Waals surface area contributed by atoms with Gasteiger partial charge in [0.05, 0.1) is 11.6 Å². The Kier molecular flexibility index (Phi) is 4.80. The molecule has 5 nitrogen and oxygen atoms in total. The van der Waals surface area contributed by atoms with Gasteiger partial charge in [-0.1, -0.05) is 12.1 Å². The predicted molar refractivity (Wildman–Crippen MR) is 75.3 cm³/mol. The monoisotopic (exact) mass is 313 g/mol. The van der Waals surface area contributed by atoms with E-state index >= 15 is 0 Å². The molecule has 1 heterocycles. The number of hydrogen-bond donors (Lipinski definition) is 0. The summed E-state index contributed by atoms with van der Waals surface area (Å²) in [5.41, 5.74) is 0.0672. The maximum absolute atomic E-state index is 12.7. The summed E-state index contributed by atoms with van der Waals surface area (Å²) < 4.78 is 38.0. The van der Waals surface area contributed by atoms with Gasteiger partial charge < -0.3 is 4.90 Å². The van der Waals surface area contributed by atoms with E-state index in [1.165, 1.54) is 16.9 Å². The van der Waals surface area contributed by atoms with Crippen molar-refractivity contribution in [2.75, 3.05) is 20.6 Å². The molecule has 1 unspecified atom stereocenters. The van der Waals surface area contributed by atoms with Crippen LogP contribution in [0.1, 0.15) is 29.4 Å². The Morgan fingerprint density at radius 3 is 2.27 bits per heavy atom. The molecule has 0 radical (unpaired) electrons. The average Bonchev–Trinajstić information content (AvgIpc) is 2.85. The highest BCUT2D eigenvalue weighted by molar-refractivity contribution is 5.27. The minimum absolute atomic E-state index is 0.245. The number of nitrogens with zero attached hydrogens (tertiary/aromatic N) is 5. The third-order valence-corrected chi connectivity index (χ3v) is 3.28. The van der Waals surface area contributed by atoms with Crippen molar-refractivity contribution in [2.24, 2.45) is 0 Å². The van der Waals surface area contributed by atoms with Gasteiger partial charge in [-0.15, -0.1) is 10.2 Å². The third-order valence-electron chi connectivity index (χ3n) is 3.28. The van der Waals surface area contributed by atoms with E-state index in [4.69, 9.17) is 0 Å². The quantitative estimate of drug-likeness (QED) is 0.851. The smallest absolute Gasteiger partial charge is 0.309 e. The molecule has 1 aromatic carbocycles. The fourth-order valence-corrected chi connectivity index (χ4v) is 2.12. The number of benzene rings is 1. The Hall–Kier alpha value is -1.96. The van der Waals surface area contributed by atoms with Crippen LogP contribution in [0.15, 0.2) is 24.3 Å². The Morgan fingerprint density at radius 2 is 1.82 bits per heavy atom. The van der Waals surface area contributed by atoms with Gasteiger partial charge in [0.25, 0.3) is 0 Å². The molecule has 22 heavy (non-hydrogen) atoms. The van der Waals surface area contributed by atoms with Crippen molar-refractivity contribution in [1.29, 1.82) is 0 Å². The molecule has 1 atom stereocenters. The molecule has 0 saturated heterocycles. The van der Waals surface area contributed by atoms with Crippen LogP contribution >= 0.6 is 0 Å². The van der Waals surface area contributed by atoms with Crippen LogP contribution in [-0.2, 0) is 6.18 Å². The van der Waals surface area contributed by atoms with Crippen molar-refractivity contribution in [3.05, 3.63) is 41.2 Å². The SMILES string of the molecule is Cc1nnn(C(CCN(C)C)c2ccc(C(F)(F)F)cc2)n1. The molecule has 0 aliphatic rings. The Morgan fingerprint density at radius 1 is 1.18 bits per heavy atom. The van der Waals surface area contributed by atoms with Crippen molar-refractivity contribution >= 4 is 0 Å². The second kappa shape index (κ2) is 6.43. The van der Waals surface area contributed by atoms with Crippen molar-refractivity contribution in [3.8, 4) is 0 Å². The Bertz CT molecular complexity index is 604. The van der Waals surface area contributed by atoms with Gasteiger partial charge in [-0.2, -0.15) is 18.0 Å². The van der Waals surface area contributed by atoms with Gasteiger partial charge in [0.15, 0.2) is 5.82 Å². The van der Waals surface area contributed by atoms with Crippen molar-refractivity contribution < 1.29 is 13.2 Å². The van der Waals surface area contributed by atoms with E-state index < -0.39 is 11.7 Å². The molecule has 2 aromatic rings. The van der Waals surface area contributed by atoms with Crippen LogP contribution in [0, 0.1) is 6.92 Å².